The molecule has 0 saturated heterocycles. The summed E-state index contributed by atoms with van der Waals surface area (Å²) in [5.74, 6) is -1.14. The first-order chi connectivity index (χ1) is 27.9. The van der Waals surface area contributed by atoms with Gasteiger partial charge in [0.1, 0.15) is 43.2 Å². The van der Waals surface area contributed by atoms with Gasteiger partial charge in [0.25, 0.3) is 0 Å². The van der Waals surface area contributed by atoms with Crippen molar-refractivity contribution in [1.82, 2.24) is 0 Å². The Morgan fingerprint density at radius 3 is 1.50 bits per heavy atom. The van der Waals surface area contributed by atoms with E-state index in [1.54, 1.807) is 0 Å². The van der Waals surface area contributed by atoms with Crippen LogP contribution in [0.3, 0.4) is 0 Å². The summed E-state index contributed by atoms with van der Waals surface area (Å²) in [6, 6.07) is 0. The van der Waals surface area contributed by atoms with Gasteiger partial charge in [-0.2, -0.15) is 0 Å². The minimum absolute atomic E-state index is 0.0738. The van der Waals surface area contributed by atoms with Crippen LogP contribution in [-0.2, 0) is 32.7 Å². The molecule has 0 aliphatic heterocycles. The zero-order chi connectivity index (χ0) is 42.9. The molecule has 14 heteroatoms. The zero-order valence-corrected chi connectivity index (χ0v) is 36.0. The Labute approximate surface area is 347 Å². The standard InChI is InChI=1S/C44H75O13P/c1-3-5-7-9-11-13-15-17-19-21-22-24-26-28-30-32-37(45)54-34-36(35-55-58(52,53)57-44-42(50)40(48)39(47)41(49)43(44)51)56-38(46)33-31-29-27-25-23-20-18-16-14-12-10-8-6-4-2/h5,7,10-13,16-19,36,39-44,47-51H,3-4,6,8-9,14-15,20-35H2,1-2H3,(H,52,53)/b7-5-,12-10-,13-11-,18-16-,19-17-/t36-,39?,40-,41?,42?,43?,44?/m1/s1. The Morgan fingerprint density at radius 2 is 0.983 bits per heavy atom. The number of hydrogen-bond acceptors (Lipinski definition) is 12. The quantitative estimate of drug-likeness (QED) is 0.0159. The van der Waals surface area contributed by atoms with Crippen LogP contribution in [0.4, 0.5) is 0 Å². The second-order valence-corrected chi connectivity index (χ2v) is 16.2. The van der Waals surface area contributed by atoms with Crippen LogP contribution in [-0.4, -0.2) is 98.3 Å². The van der Waals surface area contributed by atoms with Gasteiger partial charge >= 0.3 is 19.8 Å². The summed E-state index contributed by atoms with van der Waals surface area (Å²) in [5, 5.41) is 50.1. The number of aliphatic hydroxyl groups excluding tert-OH is 5. The van der Waals surface area contributed by atoms with Crippen molar-refractivity contribution in [2.24, 2.45) is 0 Å². The van der Waals surface area contributed by atoms with E-state index in [0.29, 0.717) is 12.8 Å². The first-order valence-electron chi connectivity index (χ1n) is 21.6. The number of rotatable bonds is 34. The van der Waals surface area contributed by atoms with Gasteiger partial charge in [0.15, 0.2) is 6.10 Å². The third kappa shape index (κ3) is 26.6. The Balaban J connectivity index is 2.52. The summed E-state index contributed by atoms with van der Waals surface area (Å²) in [4.78, 5) is 35.6. The van der Waals surface area contributed by atoms with Crippen LogP contribution in [0.25, 0.3) is 0 Å². The van der Waals surface area contributed by atoms with Crippen LogP contribution < -0.4 is 0 Å². The van der Waals surface area contributed by atoms with Gasteiger partial charge < -0.3 is 39.9 Å². The van der Waals surface area contributed by atoms with E-state index in [4.69, 9.17) is 18.5 Å². The molecule has 1 fully saturated rings. The minimum atomic E-state index is -5.12. The van der Waals surface area contributed by atoms with E-state index in [1.807, 2.05) is 0 Å². The molecule has 0 aromatic rings. The van der Waals surface area contributed by atoms with Crippen molar-refractivity contribution in [2.45, 2.75) is 191 Å². The lowest BCUT2D eigenvalue weighted by molar-refractivity contribution is -0.220. The van der Waals surface area contributed by atoms with E-state index < -0.39 is 75.7 Å². The predicted molar refractivity (Wildman–Crippen MR) is 226 cm³/mol. The number of unbranched alkanes of at least 4 members (excludes halogenated alkanes) is 12. The molecule has 13 nitrogen and oxygen atoms in total. The molecule has 1 rings (SSSR count). The molecule has 6 unspecified atom stereocenters. The Morgan fingerprint density at radius 1 is 0.552 bits per heavy atom. The van der Waals surface area contributed by atoms with Crippen LogP contribution in [0.15, 0.2) is 60.8 Å². The summed E-state index contributed by atoms with van der Waals surface area (Å²) in [6.07, 6.45) is 27.1. The van der Waals surface area contributed by atoms with Crippen LogP contribution in [0.2, 0.25) is 0 Å². The number of phosphoric ester groups is 1. The average molecular weight is 843 g/mol. The maximum Gasteiger partial charge on any atom is 0.472 e. The van der Waals surface area contributed by atoms with E-state index in [-0.39, 0.29) is 12.8 Å². The molecular formula is C44H75O13P. The molecular weight excluding hydrogens is 767 g/mol. The zero-order valence-electron chi connectivity index (χ0n) is 35.1. The fourth-order valence-corrected chi connectivity index (χ4v) is 7.05. The van der Waals surface area contributed by atoms with Crippen LogP contribution >= 0.6 is 7.82 Å². The van der Waals surface area contributed by atoms with Crippen molar-refractivity contribution in [3.63, 3.8) is 0 Å². The van der Waals surface area contributed by atoms with Crippen molar-refractivity contribution < 1.29 is 63.1 Å². The van der Waals surface area contributed by atoms with E-state index in [0.717, 1.165) is 96.3 Å². The molecule has 0 bridgehead atoms. The second-order valence-electron chi connectivity index (χ2n) is 14.8. The highest BCUT2D eigenvalue weighted by Gasteiger charge is 2.51. The van der Waals surface area contributed by atoms with E-state index in [2.05, 4.69) is 74.6 Å². The molecule has 0 spiro atoms. The average Bonchev–Trinajstić information content (AvgIpc) is 3.20. The molecule has 1 saturated carbocycles. The summed E-state index contributed by atoms with van der Waals surface area (Å²) >= 11 is 0. The maximum absolute atomic E-state index is 12.8. The summed E-state index contributed by atoms with van der Waals surface area (Å²) < 4.78 is 33.4. The smallest absolute Gasteiger partial charge is 0.462 e. The highest BCUT2D eigenvalue weighted by molar-refractivity contribution is 7.47. The Bertz CT molecular complexity index is 1250. The summed E-state index contributed by atoms with van der Waals surface area (Å²) in [6.45, 7) is 3.10. The van der Waals surface area contributed by atoms with Gasteiger partial charge in [-0.3, -0.25) is 18.6 Å². The summed E-state index contributed by atoms with van der Waals surface area (Å²) in [5.41, 5.74) is 0. The molecule has 0 aromatic heterocycles. The minimum Gasteiger partial charge on any atom is -0.462 e. The second kappa shape index (κ2) is 34.3. The molecule has 8 atom stereocenters. The van der Waals surface area contributed by atoms with Crippen molar-refractivity contribution in [1.29, 1.82) is 0 Å². The molecule has 0 radical (unpaired) electrons. The fourth-order valence-electron chi connectivity index (χ4n) is 6.08. The van der Waals surface area contributed by atoms with Gasteiger partial charge in [-0.25, -0.2) is 4.57 Å². The topological polar surface area (TPSA) is 210 Å². The Hall–Kier alpha value is -2.45. The molecule has 0 aromatic carbocycles. The summed E-state index contributed by atoms with van der Waals surface area (Å²) in [7, 11) is -5.12. The number of phosphoric acid groups is 1. The van der Waals surface area contributed by atoms with Crippen molar-refractivity contribution in [3.8, 4) is 0 Å². The molecule has 1 aliphatic rings. The highest BCUT2D eigenvalue weighted by Crippen LogP contribution is 2.47. The largest absolute Gasteiger partial charge is 0.472 e. The monoisotopic (exact) mass is 842 g/mol. The van der Waals surface area contributed by atoms with Crippen LogP contribution in [0, 0.1) is 0 Å². The van der Waals surface area contributed by atoms with E-state index in [1.165, 1.54) is 12.8 Å². The van der Waals surface area contributed by atoms with Crippen molar-refractivity contribution >= 4 is 19.8 Å². The predicted octanol–water partition coefficient (Wildman–Crippen LogP) is 7.77. The van der Waals surface area contributed by atoms with E-state index >= 15 is 0 Å². The molecule has 1 aliphatic carbocycles. The third-order valence-corrected chi connectivity index (χ3v) is 10.6. The molecule has 0 amide bonds. The van der Waals surface area contributed by atoms with Crippen LogP contribution in [0.5, 0.6) is 0 Å². The lowest BCUT2D eigenvalue weighted by Crippen LogP contribution is -2.64. The van der Waals surface area contributed by atoms with Gasteiger partial charge in [-0.1, -0.05) is 126 Å². The first kappa shape index (κ1) is 53.6. The Kier molecular flexibility index (Phi) is 31.7. The van der Waals surface area contributed by atoms with Gasteiger partial charge in [-0.05, 0) is 70.6 Å². The lowest BCUT2D eigenvalue weighted by atomic mass is 9.85. The number of carbonyl (C=O) groups is 2. The SMILES string of the molecule is CC/C=C\C/C=C\C/C=C\CCCCCCCC(=O)OC[C@H](COP(=O)(O)OC1C(O)C(O)C(O)[C@@H](O)C1O)OC(=O)CCCCCCC/C=C\C/C=C\CCCC. The molecule has 6 N–H and O–H groups in total. The third-order valence-electron chi connectivity index (χ3n) is 9.59. The number of allylic oxidation sites excluding steroid dienone is 10. The number of carbonyl (C=O) groups excluding carboxylic acids is 2. The maximum atomic E-state index is 12.8. The number of hydrogen-bond donors (Lipinski definition) is 6. The lowest BCUT2D eigenvalue weighted by Gasteiger charge is -2.41. The normalized spacial score (nSPS) is 23.1. The highest BCUT2D eigenvalue weighted by atomic mass is 31.2. The number of esters is 2. The van der Waals surface area contributed by atoms with Crippen molar-refractivity contribution in [2.75, 3.05) is 13.2 Å². The fraction of sp³-hybridized carbons (Fsp3) is 0.727. The van der Waals surface area contributed by atoms with Gasteiger partial charge in [-0.15, -0.1) is 0 Å². The number of ether oxygens (including phenoxy) is 2. The van der Waals surface area contributed by atoms with Crippen molar-refractivity contribution in [3.05, 3.63) is 60.8 Å². The molecule has 334 valence electrons. The van der Waals surface area contributed by atoms with Gasteiger partial charge in [0.05, 0.1) is 6.61 Å². The molecule has 58 heavy (non-hydrogen) atoms. The first-order valence-corrected chi connectivity index (χ1v) is 23.1. The van der Waals surface area contributed by atoms with E-state index in [9.17, 15) is 44.6 Å². The van der Waals surface area contributed by atoms with Gasteiger partial charge in [0.2, 0.25) is 0 Å². The number of aliphatic hydroxyl groups is 5. The van der Waals surface area contributed by atoms with Gasteiger partial charge in [0, 0.05) is 12.8 Å². The molecule has 0 heterocycles. The van der Waals surface area contributed by atoms with Crippen LogP contribution in [0.1, 0.15) is 149 Å².